The van der Waals surface area contributed by atoms with Gasteiger partial charge in [-0.3, -0.25) is 9.59 Å². The van der Waals surface area contributed by atoms with Crippen LogP contribution in [0.5, 0.6) is 0 Å². The quantitative estimate of drug-likeness (QED) is 0.698. The zero-order valence-corrected chi connectivity index (χ0v) is 16.1. The van der Waals surface area contributed by atoms with Crippen molar-refractivity contribution in [3.05, 3.63) is 0 Å². The number of fused-ring (bicyclic) bond motifs is 5. The Bertz CT molecular complexity index is 618. The molecule has 0 aromatic heterocycles. The number of carbonyl (C=O) groups excluding carboxylic acids is 2. The number of ketones is 1. The second-order valence-corrected chi connectivity index (χ2v) is 9.84. The van der Waals surface area contributed by atoms with Crippen LogP contribution in [-0.2, 0) is 14.3 Å². The second kappa shape index (κ2) is 6.03. The monoisotopic (exact) mass is 364 g/mol. The molecule has 4 aliphatic rings. The summed E-state index contributed by atoms with van der Waals surface area (Å²) in [5.41, 5.74) is -0.523. The number of aliphatic hydroxyl groups excluding tert-OH is 2. The average Bonchev–Trinajstić information content (AvgIpc) is 2.94. The van der Waals surface area contributed by atoms with Gasteiger partial charge in [-0.05, 0) is 67.1 Å². The molecule has 0 aromatic carbocycles. The van der Waals surface area contributed by atoms with Crippen LogP contribution in [-0.4, -0.2) is 41.3 Å². The minimum Gasteiger partial charge on any atom is -0.469 e. The molecule has 5 nitrogen and oxygen atoms in total. The number of ether oxygens (including phenoxy) is 1. The van der Waals surface area contributed by atoms with Crippen LogP contribution >= 0.6 is 0 Å². The van der Waals surface area contributed by atoms with Gasteiger partial charge in [0.05, 0.1) is 25.2 Å². The highest BCUT2D eigenvalue weighted by Gasteiger charge is 2.65. The summed E-state index contributed by atoms with van der Waals surface area (Å²) in [7, 11) is 1.44. The van der Waals surface area contributed by atoms with Gasteiger partial charge < -0.3 is 14.9 Å². The van der Waals surface area contributed by atoms with Crippen LogP contribution in [0.3, 0.4) is 0 Å². The fourth-order valence-electron chi connectivity index (χ4n) is 7.66. The van der Waals surface area contributed by atoms with E-state index in [0.29, 0.717) is 24.7 Å². The summed E-state index contributed by atoms with van der Waals surface area (Å²) in [6.07, 6.45) is 3.99. The number of esters is 1. The highest BCUT2D eigenvalue weighted by Crippen LogP contribution is 2.66. The zero-order valence-electron chi connectivity index (χ0n) is 16.1. The van der Waals surface area contributed by atoms with Crippen LogP contribution in [0.15, 0.2) is 0 Å². The molecule has 26 heavy (non-hydrogen) atoms. The van der Waals surface area contributed by atoms with E-state index in [1.165, 1.54) is 7.11 Å². The van der Waals surface area contributed by atoms with Crippen LogP contribution in [0.25, 0.3) is 0 Å². The van der Waals surface area contributed by atoms with E-state index in [-0.39, 0.29) is 40.3 Å². The normalized spacial score (nSPS) is 53.4. The first-order valence-corrected chi connectivity index (χ1v) is 10.2. The lowest BCUT2D eigenvalue weighted by molar-refractivity contribution is -0.182. The third-order valence-corrected chi connectivity index (χ3v) is 8.90. The SMILES string of the molecule is COC(=O)[C@H]1CC[C@H]2[C@@H]3CC[C@H]4[C@@H](O)[C@@H](O)CC[C@]4(C)[C@H]3C(=O)C[C@]12C. The van der Waals surface area contributed by atoms with Crippen LogP contribution < -0.4 is 0 Å². The van der Waals surface area contributed by atoms with Gasteiger partial charge in [-0.25, -0.2) is 0 Å². The van der Waals surface area contributed by atoms with E-state index in [1.54, 1.807) is 0 Å². The van der Waals surface area contributed by atoms with Gasteiger partial charge in [0, 0.05) is 12.3 Å². The predicted octanol–water partition coefficient (Wildman–Crippen LogP) is 2.33. The first kappa shape index (κ1) is 18.4. The summed E-state index contributed by atoms with van der Waals surface area (Å²) in [6.45, 7) is 4.28. The Hall–Kier alpha value is -0.940. The van der Waals surface area contributed by atoms with E-state index >= 15 is 0 Å². The Kier molecular flexibility index (Phi) is 4.27. The van der Waals surface area contributed by atoms with Crippen molar-refractivity contribution in [1.29, 1.82) is 0 Å². The number of methoxy groups -OCH3 is 1. The molecule has 9 atom stereocenters. The molecule has 4 fully saturated rings. The summed E-state index contributed by atoms with van der Waals surface area (Å²) < 4.78 is 5.04. The predicted molar refractivity (Wildman–Crippen MR) is 95.0 cm³/mol. The third kappa shape index (κ3) is 2.29. The van der Waals surface area contributed by atoms with Crippen molar-refractivity contribution in [2.75, 3.05) is 7.11 Å². The van der Waals surface area contributed by atoms with Crippen LogP contribution in [0, 0.1) is 40.4 Å². The Balaban J connectivity index is 1.68. The van der Waals surface area contributed by atoms with E-state index in [9.17, 15) is 19.8 Å². The van der Waals surface area contributed by atoms with Gasteiger partial charge in [0.1, 0.15) is 5.78 Å². The fraction of sp³-hybridized carbons (Fsp3) is 0.905. The largest absolute Gasteiger partial charge is 0.469 e. The van der Waals surface area contributed by atoms with Gasteiger partial charge in [0.2, 0.25) is 0 Å². The van der Waals surface area contributed by atoms with Crippen molar-refractivity contribution < 1.29 is 24.5 Å². The van der Waals surface area contributed by atoms with Crippen molar-refractivity contribution in [3.63, 3.8) is 0 Å². The minimum atomic E-state index is -0.720. The Labute approximate surface area is 155 Å². The van der Waals surface area contributed by atoms with Crippen LogP contribution in [0.4, 0.5) is 0 Å². The maximum atomic E-state index is 13.4. The molecule has 0 bridgehead atoms. The molecule has 4 saturated carbocycles. The summed E-state index contributed by atoms with van der Waals surface area (Å²) in [5, 5.41) is 20.7. The first-order valence-electron chi connectivity index (χ1n) is 10.2. The molecule has 2 N–H and O–H groups in total. The maximum absolute atomic E-state index is 13.4. The Morgan fingerprint density at radius 1 is 1.04 bits per heavy atom. The fourth-order valence-corrected chi connectivity index (χ4v) is 7.66. The molecule has 146 valence electrons. The number of Topliss-reactive ketones (excluding diaryl/α,β-unsaturated/α-hetero) is 1. The van der Waals surface area contributed by atoms with Crippen LogP contribution in [0.2, 0.25) is 0 Å². The lowest BCUT2D eigenvalue weighted by Gasteiger charge is -2.60. The van der Waals surface area contributed by atoms with Gasteiger partial charge in [-0.15, -0.1) is 0 Å². The molecule has 0 saturated heterocycles. The first-order chi connectivity index (χ1) is 12.2. The maximum Gasteiger partial charge on any atom is 0.309 e. The molecule has 0 unspecified atom stereocenters. The number of aliphatic hydroxyl groups is 2. The topological polar surface area (TPSA) is 83.8 Å². The highest BCUT2D eigenvalue weighted by atomic mass is 16.5. The van der Waals surface area contributed by atoms with Gasteiger partial charge in [-0.2, -0.15) is 0 Å². The Morgan fingerprint density at radius 2 is 1.73 bits per heavy atom. The molecule has 0 spiro atoms. The Morgan fingerprint density at radius 3 is 2.42 bits per heavy atom. The number of hydrogen-bond acceptors (Lipinski definition) is 5. The number of carbonyl (C=O) groups is 2. The van der Waals surface area contributed by atoms with E-state index < -0.39 is 12.2 Å². The summed E-state index contributed by atoms with van der Waals surface area (Å²) in [4.78, 5) is 25.7. The molecule has 0 amide bonds. The molecule has 0 aliphatic heterocycles. The number of rotatable bonds is 1. The summed E-state index contributed by atoms with van der Waals surface area (Å²) >= 11 is 0. The summed E-state index contributed by atoms with van der Waals surface area (Å²) in [6, 6.07) is 0. The lowest BCUT2D eigenvalue weighted by atomic mass is 9.44. The molecule has 4 rings (SSSR count). The van der Waals surface area contributed by atoms with Crippen molar-refractivity contribution in [2.45, 2.75) is 71.0 Å². The lowest BCUT2D eigenvalue weighted by Crippen LogP contribution is -2.61. The summed E-state index contributed by atoms with van der Waals surface area (Å²) in [5.74, 6) is 0.538. The smallest absolute Gasteiger partial charge is 0.309 e. The molecule has 0 heterocycles. The van der Waals surface area contributed by atoms with E-state index in [4.69, 9.17) is 4.74 Å². The molecule has 0 radical (unpaired) electrons. The molecular weight excluding hydrogens is 332 g/mol. The van der Waals surface area contributed by atoms with Gasteiger partial charge >= 0.3 is 5.97 Å². The van der Waals surface area contributed by atoms with Crippen molar-refractivity contribution in [3.8, 4) is 0 Å². The molecule has 4 aliphatic carbocycles. The van der Waals surface area contributed by atoms with Crippen molar-refractivity contribution in [1.82, 2.24) is 0 Å². The van der Waals surface area contributed by atoms with Gasteiger partial charge in [0.15, 0.2) is 0 Å². The standard InChI is InChI=1S/C21H32O5/c1-20-9-8-15(22)18(24)13(20)5-4-11-12-6-7-14(19(25)26-3)21(12,2)10-16(23)17(11)20/h11-15,17-18,22,24H,4-10H2,1-3H3/t11-,12-,13-,14+,15-,17+,18+,20-,21-/m0/s1. The van der Waals surface area contributed by atoms with Gasteiger partial charge in [0.25, 0.3) is 0 Å². The van der Waals surface area contributed by atoms with Crippen molar-refractivity contribution >= 4 is 11.8 Å². The van der Waals surface area contributed by atoms with E-state index in [2.05, 4.69) is 13.8 Å². The second-order valence-electron chi connectivity index (χ2n) is 9.84. The van der Waals surface area contributed by atoms with Crippen molar-refractivity contribution in [2.24, 2.45) is 40.4 Å². The third-order valence-electron chi connectivity index (χ3n) is 8.90. The van der Waals surface area contributed by atoms with E-state index in [1.807, 2.05) is 0 Å². The molecule has 0 aromatic rings. The average molecular weight is 364 g/mol. The van der Waals surface area contributed by atoms with E-state index in [0.717, 1.165) is 32.1 Å². The van der Waals surface area contributed by atoms with Gasteiger partial charge in [-0.1, -0.05) is 13.8 Å². The zero-order chi connectivity index (χ0) is 18.9. The molecular formula is C21H32O5. The van der Waals surface area contributed by atoms with Crippen LogP contribution in [0.1, 0.15) is 58.8 Å². The number of hydrogen-bond donors (Lipinski definition) is 2. The molecule has 5 heteroatoms. The minimum absolute atomic E-state index is 0.00128. The highest BCUT2D eigenvalue weighted by molar-refractivity contribution is 5.86.